The minimum Gasteiger partial charge on any atom is -0.456 e. The van der Waals surface area contributed by atoms with E-state index >= 15 is 0 Å². The highest BCUT2D eigenvalue weighted by Crippen LogP contribution is 2.55. The predicted molar refractivity (Wildman–Crippen MR) is 109 cm³/mol. The van der Waals surface area contributed by atoms with E-state index in [-0.39, 0.29) is 23.4 Å². The molecule has 146 valence electrons. The fourth-order valence-electron chi connectivity index (χ4n) is 4.80. The Morgan fingerprint density at radius 1 is 1.22 bits per heavy atom. The quantitative estimate of drug-likeness (QED) is 0.454. The number of carbonyl (C=O) groups is 1. The lowest BCUT2D eigenvalue weighted by atomic mass is 9.54. The van der Waals surface area contributed by atoms with E-state index in [0.717, 1.165) is 18.4 Å². The summed E-state index contributed by atoms with van der Waals surface area (Å²) in [6.07, 6.45) is 8.56. The first-order valence-corrected chi connectivity index (χ1v) is 10.1. The summed E-state index contributed by atoms with van der Waals surface area (Å²) in [5.41, 5.74) is 1.55. The third-order valence-corrected chi connectivity index (χ3v) is 6.66. The van der Waals surface area contributed by atoms with E-state index in [4.69, 9.17) is 4.74 Å². The van der Waals surface area contributed by atoms with Crippen molar-refractivity contribution in [2.75, 3.05) is 0 Å². The second kappa shape index (κ2) is 7.63. The second-order valence-electron chi connectivity index (χ2n) is 8.91. The lowest BCUT2D eigenvalue weighted by Gasteiger charge is -2.55. The van der Waals surface area contributed by atoms with Gasteiger partial charge in [-0.15, -0.1) is 0 Å². The third kappa shape index (κ3) is 4.03. The molecular formula is C24H32O3. The normalized spacial score (nSPS) is 33.6. The Morgan fingerprint density at radius 3 is 2.59 bits per heavy atom. The highest BCUT2D eigenvalue weighted by atomic mass is 16.6. The molecule has 2 aliphatic rings. The van der Waals surface area contributed by atoms with Gasteiger partial charge in [-0.1, -0.05) is 62.8 Å². The van der Waals surface area contributed by atoms with Crippen LogP contribution in [-0.2, 0) is 9.53 Å². The Hall–Kier alpha value is -1.87. The standard InChI is InChI=1S/C24H32O3/c1-17(2)19-12-14-23(3)20(16-19)24(4,15-13-21(23)25)27-22(26)11-10-18-8-6-5-7-9-18/h5-11,16-17,20-21,25H,12-15H2,1-4H3/t20-,21-,23-,24+/m1/s1. The minimum absolute atomic E-state index is 0.0361. The molecular weight excluding hydrogens is 336 g/mol. The molecule has 1 saturated carbocycles. The summed E-state index contributed by atoms with van der Waals surface area (Å²) in [6.45, 7) is 8.61. The first-order chi connectivity index (χ1) is 12.7. The molecule has 0 radical (unpaired) electrons. The van der Waals surface area contributed by atoms with E-state index < -0.39 is 5.60 Å². The maximum Gasteiger partial charge on any atom is 0.331 e. The molecule has 0 heterocycles. The number of ether oxygens (including phenoxy) is 1. The SMILES string of the molecule is CC(C)C1=C[C@@H]2[C@@](C)(CC1)[C@H](O)CC[C@]2(C)OC(=O)C=Cc1ccccc1. The molecule has 3 rings (SSSR count). The van der Waals surface area contributed by atoms with Gasteiger partial charge in [-0.3, -0.25) is 0 Å². The zero-order chi connectivity index (χ0) is 19.7. The monoisotopic (exact) mass is 368 g/mol. The lowest BCUT2D eigenvalue weighted by molar-refractivity contribution is -0.182. The Labute approximate surface area is 163 Å². The average molecular weight is 369 g/mol. The van der Waals surface area contributed by atoms with Crippen molar-refractivity contribution in [3.8, 4) is 0 Å². The molecule has 0 unspecified atom stereocenters. The first kappa shape index (κ1) is 19.9. The van der Waals surface area contributed by atoms with Crippen LogP contribution in [0, 0.1) is 17.3 Å². The predicted octanol–water partition coefficient (Wildman–Crippen LogP) is 5.16. The van der Waals surface area contributed by atoms with Crippen LogP contribution in [0.5, 0.6) is 0 Å². The number of aliphatic hydroxyl groups excluding tert-OH is 1. The molecule has 27 heavy (non-hydrogen) atoms. The van der Waals surface area contributed by atoms with Gasteiger partial charge >= 0.3 is 5.97 Å². The van der Waals surface area contributed by atoms with Gasteiger partial charge in [0.2, 0.25) is 0 Å². The van der Waals surface area contributed by atoms with E-state index in [2.05, 4.69) is 26.8 Å². The summed E-state index contributed by atoms with van der Waals surface area (Å²) >= 11 is 0. The molecule has 0 spiro atoms. The van der Waals surface area contributed by atoms with Crippen LogP contribution in [0.15, 0.2) is 48.1 Å². The van der Waals surface area contributed by atoms with Crippen LogP contribution in [0.25, 0.3) is 6.08 Å². The van der Waals surface area contributed by atoms with Crippen molar-refractivity contribution in [2.45, 2.75) is 65.1 Å². The molecule has 3 heteroatoms. The summed E-state index contributed by atoms with van der Waals surface area (Å²) in [4.78, 5) is 12.6. The van der Waals surface area contributed by atoms with Crippen molar-refractivity contribution < 1.29 is 14.6 Å². The number of carbonyl (C=O) groups excluding carboxylic acids is 1. The molecule has 1 aromatic carbocycles. The number of esters is 1. The molecule has 0 amide bonds. The molecule has 4 atom stereocenters. The number of rotatable bonds is 4. The van der Waals surface area contributed by atoms with E-state index in [1.54, 1.807) is 6.08 Å². The van der Waals surface area contributed by atoms with Gasteiger partial charge < -0.3 is 9.84 Å². The number of hydrogen-bond acceptors (Lipinski definition) is 3. The molecule has 3 nitrogen and oxygen atoms in total. The van der Waals surface area contributed by atoms with E-state index in [1.165, 1.54) is 11.6 Å². The molecule has 0 aliphatic heterocycles. The van der Waals surface area contributed by atoms with Gasteiger partial charge in [0, 0.05) is 17.4 Å². The van der Waals surface area contributed by atoms with Gasteiger partial charge in [-0.05, 0) is 50.2 Å². The summed E-state index contributed by atoms with van der Waals surface area (Å²) < 4.78 is 6.03. The number of allylic oxidation sites excluding steroid dienone is 1. The minimum atomic E-state index is -0.591. The fraction of sp³-hybridized carbons (Fsp3) is 0.542. The molecule has 1 fully saturated rings. The van der Waals surface area contributed by atoms with Crippen molar-refractivity contribution in [3.63, 3.8) is 0 Å². The van der Waals surface area contributed by atoms with Crippen LogP contribution in [0.2, 0.25) is 0 Å². The summed E-state index contributed by atoms with van der Waals surface area (Å²) in [5, 5.41) is 10.7. The highest BCUT2D eigenvalue weighted by Gasteiger charge is 2.55. The number of benzene rings is 1. The topological polar surface area (TPSA) is 46.5 Å². The van der Waals surface area contributed by atoms with Gasteiger partial charge in [0.15, 0.2) is 0 Å². The largest absolute Gasteiger partial charge is 0.456 e. The molecule has 2 aliphatic carbocycles. The molecule has 0 aromatic heterocycles. The van der Waals surface area contributed by atoms with Gasteiger partial charge in [0.25, 0.3) is 0 Å². The maximum atomic E-state index is 12.6. The zero-order valence-corrected chi connectivity index (χ0v) is 16.9. The van der Waals surface area contributed by atoms with Gasteiger partial charge in [-0.2, -0.15) is 0 Å². The average Bonchev–Trinajstić information content (AvgIpc) is 2.64. The lowest BCUT2D eigenvalue weighted by Crippen LogP contribution is -2.57. The van der Waals surface area contributed by atoms with Crippen molar-refractivity contribution in [2.24, 2.45) is 17.3 Å². The fourth-order valence-corrected chi connectivity index (χ4v) is 4.80. The summed E-state index contributed by atoms with van der Waals surface area (Å²) in [5.74, 6) is 0.200. The summed E-state index contributed by atoms with van der Waals surface area (Å²) in [6, 6.07) is 9.75. The van der Waals surface area contributed by atoms with Crippen LogP contribution in [0.1, 0.15) is 58.9 Å². The Morgan fingerprint density at radius 2 is 1.93 bits per heavy atom. The molecule has 1 N–H and O–H groups in total. The number of fused-ring (bicyclic) bond motifs is 1. The van der Waals surface area contributed by atoms with Gasteiger partial charge in [-0.25, -0.2) is 4.79 Å². The van der Waals surface area contributed by atoms with Gasteiger partial charge in [0.05, 0.1) is 6.10 Å². The van der Waals surface area contributed by atoms with Crippen LogP contribution >= 0.6 is 0 Å². The van der Waals surface area contributed by atoms with Crippen LogP contribution in [0.4, 0.5) is 0 Å². The van der Waals surface area contributed by atoms with E-state index in [1.807, 2.05) is 37.3 Å². The van der Waals surface area contributed by atoms with Gasteiger partial charge in [0.1, 0.15) is 5.60 Å². The van der Waals surface area contributed by atoms with E-state index in [9.17, 15) is 9.90 Å². The van der Waals surface area contributed by atoms with Crippen LogP contribution in [-0.4, -0.2) is 22.8 Å². The van der Waals surface area contributed by atoms with Crippen molar-refractivity contribution in [1.29, 1.82) is 0 Å². The van der Waals surface area contributed by atoms with Crippen molar-refractivity contribution >= 4 is 12.0 Å². The van der Waals surface area contributed by atoms with Crippen molar-refractivity contribution in [3.05, 3.63) is 53.6 Å². The smallest absolute Gasteiger partial charge is 0.331 e. The molecule has 0 saturated heterocycles. The van der Waals surface area contributed by atoms with Crippen molar-refractivity contribution in [1.82, 2.24) is 0 Å². The maximum absolute atomic E-state index is 12.6. The first-order valence-electron chi connectivity index (χ1n) is 10.1. The Balaban J connectivity index is 1.83. The number of aliphatic hydroxyl groups is 1. The Bertz CT molecular complexity index is 733. The van der Waals surface area contributed by atoms with E-state index in [0.29, 0.717) is 18.8 Å². The second-order valence-corrected chi connectivity index (χ2v) is 8.91. The molecule has 1 aromatic rings. The van der Waals surface area contributed by atoms with Crippen LogP contribution < -0.4 is 0 Å². The van der Waals surface area contributed by atoms with Crippen LogP contribution in [0.3, 0.4) is 0 Å². The highest BCUT2D eigenvalue weighted by molar-refractivity contribution is 5.87. The number of hydrogen-bond donors (Lipinski definition) is 1. The summed E-state index contributed by atoms with van der Waals surface area (Å²) in [7, 11) is 0. The zero-order valence-electron chi connectivity index (χ0n) is 16.9. The Kier molecular flexibility index (Phi) is 5.62. The third-order valence-electron chi connectivity index (χ3n) is 6.66. The molecule has 0 bridgehead atoms.